The van der Waals surface area contributed by atoms with Crippen molar-refractivity contribution in [2.45, 2.75) is 39.2 Å². The zero-order chi connectivity index (χ0) is 27.5. The molecule has 2 atom stereocenters. The third-order valence-corrected chi connectivity index (χ3v) is 7.13. The molecular weight excluding hydrogens is 488 g/mol. The van der Waals surface area contributed by atoms with Gasteiger partial charge in [-0.05, 0) is 33.3 Å². The maximum Gasteiger partial charge on any atom is 0.194 e. The van der Waals surface area contributed by atoms with E-state index >= 15 is 0 Å². The van der Waals surface area contributed by atoms with Crippen molar-refractivity contribution in [3.8, 4) is 17.2 Å². The van der Waals surface area contributed by atoms with E-state index in [1.165, 1.54) is 26.8 Å². The van der Waals surface area contributed by atoms with Gasteiger partial charge in [0.05, 0.1) is 11.1 Å². The maximum atomic E-state index is 14.1. The van der Waals surface area contributed by atoms with Crippen molar-refractivity contribution >= 4 is 17.3 Å². The Morgan fingerprint density at radius 3 is 2.42 bits per heavy atom. The number of fused-ring (bicyclic) bond motifs is 3. The van der Waals surface area contributed by atoms with Crippen LogP contribution in [-0.4, -0.2) is 42.3 Å². The van der Waals surface area contributed by atoms with Crippen molar-refractivity contribution in [2.24, 2.45) is 7.05 Å². The predicted molar refractivity (Wildman–Crippen MR) is 136 cm³/mol. The molecule has 0 radical (unpaired) electrons. The van der Waals surface area contributed by atoms with Crippen LogP contribution in [0.1, 0.15) is 59.7 Å². The number of aryl methyl sites for hydroxylation is 1. The molecule has 0 amide bonds. The van der Waals surface area contributed by atoms with Gasteiger partial charge in [0.1, 0.15) is 46.4 Å². The molecule has 10 nitrogen and oxygen atoms in total. The van der Waals surface area contributed by atoms with E-state index in [1.807, 2.05) is 30.3 Å². The molecule has 2 heterocycles. The van der Waals surface area contributed by atoms with Crippen molar-refractivity contribution in [2.75, 3.05) is 0 Å². The van der Waals surface area contributed by atoms with Crippen LogP contribution in [0.25, 0.3) is 0 Å². The standard InChI is InChI=1S/C28H26N4O6/c1-13-23(35)20(15(3)33)25-21(24(13)36)28(4)18(38-25)11-17(34)19(26(28)37)14(2)30-22(16-9-7-6-8-10-16)27-29-12-32(5)31-27/h6-12,22,30,35-36H,1-5H3/b19-14+/t22-,28+/m1/s1. The summed E-state index contributed by atoms with van der Waals surface area (Å²) < 4.78 is 7.39. The van der Waals surface area contributed by atoms with E-state index in [-0.39, 0.29) is 45.2 Å². The van der Waals surface area contributed by atoms with Crippen molar-refractivity contribution in [3.05, 3.63) is 87.8 Å². The number of nitrogens with one attached hydrogen (secondary N) is 1. The number of aromatic hydroxyl groups is 2. The number of benzene rings is 2. The average molecular weight is 515 g/mol. The third-order valence-electron chi connectivity index (χ3n) is 7.13. The summed E-state index contributed by atoms with van der Waals surface area (Å²) in [5, 5.41) is 29.2. The number of Topliss-reactive ketones (excluding diaryl/α,β-unsaturated/α-hetero) is 2. The second kappa shape index (κ2) is 8.69. The van der Waals surface area contributed by atoms with Gasteiger partial charge in [0.25, 0.3) is 0 Å². The molecule has 0 spiro atoms. The lowest BCUT2D eigenvalue weighted by atomic mass is 9.70. The number of nitrogens with zero attached hydrogens (tertiary/aromatic N) is 3. The molecule has 0 fully saturated rings. The molecule has 194 valence electrons. The summed E-state index contributed by atoms with van der Waals surface area (Å²) in [6.45, 7) is 5.83. The van der Waals surface area contributed by atoms with Gasteiger partial charge in [-0.1, -0.05) is 30.3 Å². The van der Waals surface area contributed by atoms with Crippen LogP contribution >= 0.6 is 0 Å². The summed E-state index contributed by atoms with van der Waals surface area (Å²) in [6.07, 6.45) is 2.75. The molecule has 38 heavy (non-hydrogen) atoms. The number of carbonyl (C=O) groups excluding carboxylic acids is 3. The van der Waals surface area contributed by atoms with Crippen molar-refractivity contribution in [1.82, 2.24) is 20.1 Å². The fraction of sp³-hybridized carbons (Fsp3) is 0.250. The average Bonchev–Trinajstić information content (AvgIpc) is 3.43. The molecule has 5 rings (SSSR count). The predicted octanol–water partition coefficient (Wildman–Crippen LogP) is 3.08. The first-order valence-corrected chi connectivity index (χ1v) is 11.9. The van der Waals surface area contributed by atoms with Gasteiger partial charge in [-0.2, -0.15) is 5.10 Å². The van der Waals surface area contributed by atoms with E-state index in [9.17, 15) is 24.6 Å². The molecule has 1 aliphatic heterocycles. The minimum Gasteiger partial charge on any atom is -0.507 e. The monoisotopic (exact) mass is 514 g/mol. The lowest BCUT2D eigenvalue weighted by molar-refractivity contribution is -0.123. The van der Waals surface area contributed by atoms with Crippen molar-refractivity contribution in [3.63, 3.8) is 0 Å². The fourth-order valence-electron chi connectivity index (χ4n) is 5.08. The quantitative estimate of drug-likeness (QED) is 0.266. The third kappa shape index (κ3) is 3.52. The van der Waals surface area contributed by atoms with E-state index < -0.39 is 34.6 Å². The van der Waals surface area contributed by atoms with Crippen LogP contribution in [0.15, 0.2) is 59.8 Å². The number of ketones is 3. The summed E-state index contributed by atoms with van der Waals surface area (Å²) in [4.78, 5) is 44.1. The number of allylic oxidation sites excluding steroid dienone is 4. The molecule has 1 aliphatic carbocycles. The highest BCUT2D eigenvalue weighted by atomic mass is 16.5. The topological polar surface area (TPSA) is 144 Å². The molecular formula is C28H26N4O6. The van der Waals surface area contributed by atoms with E-state index in [2.05, 4.69) is 15.4 Å². The van der Waals surface area contributed by atoms with E-state index in [4.69, 9.17) is 4.74 Å². The molecule has 0 bridgehead atoms. The van der Waals surface area contributed by atoms with Crippen LogP contribution in [0.3, 0.4) is 0 Å². The smallest absolute Gasteiger partial charge is 0.194 e. The second-order valence-electron chi connectivity index (χ2n) is 9.65. The highest BCUT2D eigenvalue weighted by Gasteiger charge is 2.56. The molecule has 1 aromatic heterocycles. The molecule has 10 heteroatoms. The summed E-state index contributed by atoms with van der Waals surface area (Å²) in [7, 11) is 1.74. The highest BCUT2D eigenvalue weighted by Crippen LogP contribution is 2.57. The van der Waals surface area contributed by atoms with Crippen molar-refractivity contribution < 1.29 is 29.3 Å². The van der Waals surface area contributed by atoms with Gasteiger partial charge < -0.3 is 20.3 Å². The Kier molecular flexibility index (Phi) is 5.70. The molecule has 3 N–H and O–H groups in total. The number of phenolic OH excluding ortho intramolecular Hbond substituents is 2. The normalized spacial score (nSPS) is 20.3. The zero-order valence-electron chi connectivity index (χ0n) is 21.5. The van der Waals surface area contributed by atoms with E-state index in [1.54, 1.807) is 25.0 Å². The first-order valence-electron chi connectivity index (χ1n) is 11.9. The first-order chi connectivity index (χ1) is 18.0. The van der Waals surface area contributed by atoms with Gasteiger partial charge in [-0.15, -0.1) is 0 Å². The number of rotatable bonds is 5. The van der Waals surface area contributed by atoms with Crippen LogP contribution in [0.5, 0.6) is 17.2 Å². The highest BCUT2D eigenvalue weighted by molar-refractivity contribution is 6.31. The van der Waals surface area contributed by atoms with Gasteiger partial charge in [0.15, 0.2) is 23.2 Å². The largest absolute Gasteiger partial charge is 0.507 e. The van der Waals surface area contributed by atoms with Crippen LogP contribution in [0.4, 0.5) is 0 Å². The number of carbonyl (C=O) groups is 3. The SMILES string of the molecule is CC(=O)c1c(O)c(C)c(O)c2c1OC1=CC(=O)/C(=C(/C)N[C@H](c3ccccc3)c3ncn(C)n3)C(=O)[C@@]12C. The number of aromatic nitrogens is 3. The van der Waals surface area contributed by atoms with Gasteiger partial charge in [0, 0.05) is 24.4 Å². The Balaban J connectivity index is 1.65. The number of hydrogen-bond donors (Lipinski definition) is 3. The molecule has 0 unspecified atom stereocenters. The van der Waals surface area contributed by atoms with Crippen LogP contribution in [0, 0.1) is 6.92 Å². The Bertz CT molecular complexity index is 1600. The van der Waals surface area contributed by atoms with Gasteiger partial charge >= 0.3 is 0 Å². The van der Waals surface area contributed by atoms with E-state index in [0.717, 1.165) is 5.56 Å². The number of hydrogen-bond acceptors (Lipinski definition) is 9. The Hall–Kier alpha value is -4.73. The minimum absolute atomic E-state index is 0.0205. The minimum atomic E-state index is -1.60. The van der Waals surface area contributed by atoms with Gasteiger partial charge in [-0.3, -0.25) is 19.1 Å². The molecule has 0 saturated heterocycles. The second-order valence-corrected chi connectivity index (χ2v) is 9.65. The Morgan fingerprint density at radius 1 is 1.13 bits per heavy atom. The summed E-state index contributed by atoms with van der Waals surface area (Å²) in [5.41, 5.74) is -0.695. The maximum absolute atomic E-state index is 14.1. The first kappa shape index (κ1) is 24.9. The van der Waals surface area contributed by atoms with Crippen LogP contribution in [0.2, 0.25) is 0 Å². The Morgan fingerprint density at radius 2 is 1.82 bits per heavy atom. The summed E-state index contributed by atoms with van der Waals surface area (Å²) in [6, 6.07) is 8.80. The fourth-order valence-corrected chi connectivity index (χ4v) is 5.08. The molecule has 0 saturated carbocycles. The Labute approximate surface area is 218 Å². The van der Waals surface area contributed by atoms with Crippen LogP contribution < -0.4 is 10.1 Å². The van der Waals surface area contributed by atoms with Gasteiger partial charge in [-0.25, -0.2) is 4.98 Å². The molecule has 3 aromatic rings. The number of ether oxygens (including phenoxy) is 1. The number of phenols is 2. The summed E-state index contributed by atoms with van der Waals surface area (Å²) in [5.74, 6) is -2.22. The van der Waals surface area contributed by atoms with Crippen LogP contribution in [-0.2, 0) is 22.1 Å². The summed E-state index contributed by atoms with van der Waals surface area (Å²) >= 11 is 0. The zero-order valence-corrected chi connectivity index (χ0v) is 21.5. The molecule has 2 aromatic carbocycles. The van der Waals surface area contributed by atoms with Gasteiger partial charge in [0.2, 0.25) is 0 Å². The molecule has 2 aliphatic rings. The van der Waals surface area contributed by atoms with E-state index in [0.29, 0.717) is 5.82 Å². The van der Waals surface area contributed by atoms with Crippen molar-refractivity contribution in [1.29, 1.82) is 0 Å². The lowest BCUT2D eigenvalue weighted by Gasteiger charge is -2.29. The lowest BCUT2D eigenvalue weighted by Crippen LogP contribution is -2.41.